The summed E-state index contributed by atoms with van der Waals surface area (Å²) in [7, 11) is -4.35. The first kappa shape index (κ1) is 29.9. The Bertz CT molecular complexity index is 1580. The third-order valence-corrected chi connectivity index (χ3v) is 7.40. The highest BCUT2D eigenvalue weighted by Gasteiger charge is 2.28. The van der Waals surface area contributed by atoms with Crippen molar-refractivity contribution in [1.82, 2.24) is 9.13 Å². The Morgan fingerprint density at radius 3 is 2.18 bits per heavy atom. The van der Waals surface area contributed by atoms with Crippen LogP contribution in [0.15, 0.2) is 68.9 Å². The average molecular weight is 573 g/mol. The van der Waals surface area contributed by atoms with Gasteiger partial charge in [-0.15, -0.1) is 0 Å². The van der Waals surface area contributed by atoms with Crippen LogP contribution in [0.1, 0.15) is 52.0 Å². The fraction of sp³-hybridized carbons (Fsp3) is 0.333. The molecule has 0 bridgehead atoms. The molecule has 2 aromatic rings. The Labute approximate surface area is 232 Å². The van der Waals surface area contributed by atoms with E-state index in [-0.39, 0.29) is 21.9 Å². The van der Waals surface area contributed by atoms with Crippen molar-refractivity contribution in [2.24, 2.45) is 5.10 Å². The number of amides is 1. The first-order valence-electron chi connectivity index (χ1n) is 12.6. The molecule has 1 aromatic carbocycles. The fourth-order valence-corrected chi connectivity index (χ4v) is 4.73. The molecule has 0 aliphatic carbocycles. The Balaban J connectivity index is 1.83. The molecule has 2 heterocycles. The number of benzene rings is 1. The number of aromatic nitrogens is 2. The Morgan fingerprint density at radius 2 is 1.59 bits per heavy atom. The molecule has 3 rings (SSSR count). The van der Waals surface area contributed by atoms with Crippen molar-refractivity contribution in [3.63, 3.8) is 0 Å². The maximum atomic E-state index is 13.1. The van der Waals surface area contributed by atoms with Gasteiger partial charge in [0, 0.05) is 13.1 Å². The highest BCUT2D eigenvalue weighted by atomic mass is 32.2. The van der Waals surface area contributed by atoms with Crippen LogP contribution < -0.4 is 10.6 Å². The molecule has 2 N–H and O–H groups in total. The minimum Gasteiger partial charge on any atom is -0.494 e. The van der Waals surface area contributed by atoms with Gasteiger partial charge < -0.3 is 5.11 Å². The molecule has 1 aliphatic heterocycles. The Hall–Kier alpha value is -3.61. The molecule has 0 radical (unpaired) electrons. The van der Waals surface area contributed by atoms with Crippen LogP contribution in [0.25, 0.3) is 6.08 Å². The first-order chi connectivity index (χ1) is 18.5. The topological polar surface area (TPSA) is 134 Å². The van der Waals surface area contributed by atoms with Crippen LogP contribution in [0.4, 0.5) is 5.69 Å². The Morgan fingerprint density at radius 1 is 0.974 bits per heavy atom. The summed E-state index contributed by atoms with van der Waals surface area (Å²) in [6.07, 6.45) is 11.3. The second-order valence-corrected chi connectivity index (χ2v) is 10.7. The highest BCUT2D eigenvalue weighted by Crippen LogP contribution is 2.25. The van der Waals surface area contributed by atoms with Crippen LogP contribution in [0, 0.1) is 4.77 Å². The quantitative estimate of drug-likeness (QED) is 0.170. The zero-order valence-corrected chi connectivity index (χ0v) is 23.7. The molecule has 12 heteroatoms. The number of hydrazone groups is 1. The largest absolute Gasteiger partial charge is 0.494 e. The number of carbonyl (C=O) groups excluding carboxylic acids is 1. The van der Waals surface area contributed by atoms with E-state index in [1.807, 2.05) is 13.8 Å². The maximum Gasteiger partial charge on any atom is 0.294 e. The van der Waals surface area contributed by atoms with E-state index in [9.17, 15) is 23.1 Å². The predicted octanol–water partition coefficient (Wildman–Crippen LogP) is 4.85. The molecule has 39 heavy (non-hydrogen) atoms. The Kier molecular flexibility index (Phi) is 9.95. The summed E-state index contributed by atoms with van der Waals surface area (Å²) in [6.45, 7) is 6.71. The molecular weight excluding hydrogens is 540 g/mol. The van der Waals surface area contributed by atoms with Gasteiger partial charge in [-0.3, -0.25) is 23.3 Å². The molecule has 10 nitrogen and oxygen atoms in total. The number of nitrogens with zero attached hydrogens (tertiary/aromatic N) is 4. The van der Waals surface area contributed by atoms with Gasteiger partial charge in [0.2, 0.25) is 5.88 Å². The molecule has 1 amide bonds. The second kappa shape index (κ2) is 13.0. The van der Waals surface area contributed by atoms with E-state index in [4.69, 9.17) is 16.8 Å². The maximum absolute atomic E-state index is 13.1. The zero-order valence-electron chi connectivity index (χ0n) is 22.1. The van der Waals surface area contributed by atoms with E-state index in [0.29, 0.717) is 34.8 Å². The third kappa shape index (κ3) is 6.88. The summed E-state index contributed by atoms with van der Waals surface area (Å²) >= 11 is 5.49. The summed E-state index contributed by atoms with van der Waals surface area (Å²) in [4.78, 5) is 25.7. The van der Waals surface area contributed by atoms with E-state index < -0.39 is 16.0 Å². The van der Waals surface area contributed by atoms with Crippen molar-refractivity contribution >= 4 is 45.7 Å². The predicted molar refractivity (Wildman–Crippen MR) is 154 cm³/mol. The minimum absolute atomic E-state index is 0.141. The monoisotopic (exact) mass is 572 g/mol. The van der Waals surface area contributed by atoms with Crippen LogP contribution in [-0.2, 0) is 28.0 Å². The highest BCUT2D eigenvalue weighted by molar-refractivity contribution is 7.85. The lowest BCUT2D eigenvalue weighted by molar-refractivity contribution is -0.114. The molecule has 1 aliphatic rings. The van der Waals surface area contributed by atoms with Gasteiger partial charge in [-0.05, 0) is 68.4 Å². The van der Waals surface area contributed by atoms with Crippen LogP contribution in [0.2, 0.25) is 0 Å². The number of anilines is 1. The number of aromatic hydroxyl groups is 1. The van der Waals surface area contributed by atoms with Gasteiger partial charge in [-0.25, -0.2) is 0 Å². The van der Waals surface area contributed by atoms with Crippen molar-refractivity contribution in [3.8, 4) is 5.88 Å². The molecular formula is C27H32N4O6S2. The van der Waals surface area contributed by atoms with E-state index in [0.717, 1.165) is 30.7 Å². The zero-order chi connectivity index (χ0) is 28.7. The lowest BCUT2D eigenvalue weighted by Crippen LogP contribution is -2.27. The van der Waals surface area contributed by atoms with Gasteiger partial charge in [-0.1, -0.05) is 44.9 Å². The second-order valence-electron chi connectivity index (χ2n) is 8.93. The summed E-state index contributed by atoms with van der Waals surface area (Å²) in [5.41, 5.74) is 0.919. The first-order valence-corrected chi connectivity index (χ1v) is 14.4. The standard InChI is InChI=1S/C27H32N4O6S2/c1-4-6-17-29-24(32)23(25(33)30(27(29)38)18-7-5-2)12-10-8-9-11-22-19(3)28-31(26(22)34)20-13-15-21(16-14-20)39(35,36)37/h8-16,32H,4-7,17-18H2,1-3H3,(H,35,36,37)/b9-8+,12-10+,22-11-. The van der Waals surface area contributed by atoms with Crippen molar-refractivity contribution in [2.75, 3.05) is 5.01 Å². The number of allylic oxidation sites excluding steroid dienone is 4. The lowest BCUT2D eigenvalue weighted by atomic mass is 10.1. The lowest BCUT2D eigenvalue weighted by Gasteiger charge is -2.16. The average Bonchev–Trinajstić information content (AvgIpc) is 3.18. The fourth-order valence-electron chi connectivity index (χ4n) is 3.90. The van der Waals surface area contributed by atoms with Crippen LogP contribution >= 0.6 is 12.2 Å². The van der Waals surface area contributed by atoms with Crippen LogP contribution in [-0.4, -0.2) is 38.8 Å². The van der Waals surface area contributed by atoms with Gasteiger partial charge in [0.1, 0.15) is 5.56 Å². The van der Waals surface area contributed by atoms with Crippen molar-refractivity contribution in [3.05, 3.63) is 74.8 Å². The van der Waals surface area contributed by atoms with E-state index >= 15 is 0 Å². The van der Waals surface area contributed by atoms with E-state index in [2.05, 4.69) is 5.10 Å². The van der Waals surface area contributed by atoms with E-state index in [1.165, 1.54) is 34.9 Å². The summed E-state index contributed by atoms with van der Waals surface area (Å²) in [5, 5.41) is 16.2. The molecule has 0 fully saturated rings. The van der Waals surface area contributed by atoms with Crippen LogP contribution in [0.3, 0.4) is 0 Å². The number of hydrogen-bond donors (Lipinski definition) is 2. The van der Waals surface area contributed by atoms with Gasteiger partial charge in [0.05, 0.1) is 21.9 Å². The summed E-state index contributed by atoms with van der Waals surface area (Å²) in [6, 6.07) is 5.12. The molecule has 0 unspecified atom stereocenters. The summed E-state index contributed by atoms with van der Waals surface area (Å²) < 4.78 is 35.1. The molecule has 0 saturated heterocycles. The third-order valence-electron chi connectivity index (χ3n) is 6.09. The SMILES string of the molecule is CCCCn1c(O)c(/C=C/C=C/C=C2\C(=O)N(c3ccc(S(=O)(=O)O)cc3)N=C2C)c(=O)n(CCCC)c1=S. The summed E-state index contributed by atoms with van der Waals surface area (Å²) in [5.74, 6) is -0.575. The number of hydrogen-bond acceptors (Lipinski definition) is 7. The smallest absolute Gasteiger partial charge is 0.294 e. The molecule has 1 aromatic heterocycles. The van der Waals surface area contributed by atoms with Gasteiger partial charge in [0.15, 0.2) is 4.77 Å². The van der Waals surface area contributed by atoms with E-state index in [1.54, 1.807) is 35.8 Å². The van der Waals surface area contributed by atoms with Crippen molar-refractivity contribution in [2.45, 2.75) is 64.4 Å². The normalized spacial score (nSPS) is 15.3. The molecule has 208 valence electrons. The number of unbranched alkanes of at least 4 members (excludes halogenated alkanes) is 2. The molecule has 0 saturated carbocycles. The van der Waals surface area contributed by atoms with Crippen molar-refractivity contribution in [1.29, 1.82) is 0 Å². The van der Waals surface area contributed by atoms with Gasteiger partial charge in [0.25, 0.3) is 21.6 Å². The minimum atomic E-state index is -4.35. The van der Waals surface area contributed by atoms with Gasteiger partial charge >= 0.3 is 0 Å². The van der Waals surface area contributed by atoms with Crippen LogP contribution in [0.5, 0.6) is 5.88 Å². The van der Waals surface area contributed by atoms with Crippen molar-refractivity contribution < 1.29 is 22.9 Å². The number of carbonyl (C=O) groups is 1. The van der Waals surface area contributed by atoms with Gasteiger partial charge in [-0.2, -0.15) is 18.5 Å². The number of rotatable bonds is 11. The molecule has 0 spiro atoms. The molecule has 0 atom stereocenters.